The van der Waals surface area contributed by atoms with Crippen molar-refractivity contribution in [3.8, 4) is 5.75 Å². The van der Waals surface area contributed by atoms with Gasteiger partial charge in [-0.2, -0.15) is 0 Å². The Balaban J connectivity index is 1.44. The number of nitrogens with one attached hydrogen (secondary N) is 1. The number of ether oxygens (including phenoxy) is 1. The normalized spacial score (nSPS) is 12.8. The highest BCUT2D eigenvalue weighted by Crippen LogP contribution is 2.39. The van der Waals surface area contributed by atoms with Gasteiger partial charge in [-0.25, -0.2) is 17.6 Å². The molecule has 3 aromatic rings. The van der Waals surface area contributed by atoms with E-state index >= 15 is 0 Å². The number of hydrogen-bond donors (Lipinski definition) is 1. The third kappa shape index (κ3) is 7.77. The van der Waals surface area contributed by atoms with E-state index in [0.717, 1.165) is 19.3 Å². The number of amides is 2. The van der Waals surface area contributed by atoms with E-state index < -0.39 is 41.3 Å². The molecule has 0 unspecified atom stereocenters. The minimum absolute atomic E-state index is 0.0531. The van der Waals surface area contributed by atoms with Gasteiger partial charge < -0.3 is 15.0 Å². The van der Waals surface area contributed by atoms with Crippen molar-refractivity contribution in [2.75, 3.05) is 17.3 Å². The van der Waals surface area contributed by atoms with Crippen molar-refractivity contribution in [1.29, 1.82) is 0 Å². The van der Waals surface area contributed by atoms with Crippen LogP contribution in [0.5, 0.6) is 5.75 Å². The molecule has 0 saturated heterocycles. The van der Waals surface area contributed by atoms with Crippen LogP contribution in [0.3, 0.4) is 0 Å². The molecule has 0 saturated carbocycles. The SMILES string of the molecule is CCCCCCCCOc1ccc(F)c(CN2C(=O)CSc3cc(C(=O)NCc4c(F)cc(F)cc4F)ccc32)c1Cl. The zero-order chi connectivity index (χ0) is 30.2. The van der Waals surface area contributed by atoms with Crippen LogP contribution in [0.1, 0.15) is 66.9 Å². The molecule has 0 bridgehead atoms. The van der Waals surface area contributed by atoms with E-state index in [9.17, 15) is 27.2 Å². The van der Waals surface area contributed by atoms with Gasteiger partial charge >= 0.3 is 0 Å². The van der Waals surface area contributed by atoms with E-state index in [2.05, 4.69) is 12.2 Å². The average molecular weight is 623 g/mol. The lowest BCUT2D eigenvalue weighted by atomic mass is 10.1. The molecule has 224 valence electrons. The molecule has 0 spiro atoms. The Bertz CT molecular complexity index is 1430. The van der Waals surface area contributed by atoms with Gasteiger partial charge in [0, 0.05) is 40.3 Å². The van der Waals surface area contributed by atoms with Crippen molar-refractivity contribution >= 4 is 40.9 Å². The molecule has 42 heavy (non-hydrogen) atoms. The molecule has 11 heteroatoms. The molecule has 2 amide bonds. The zero-order valence-electron chi connectivity index (χ0n) is 23.1. The van der Waals surface area contributed by atoms with E-state index in [-0.39, 0.29) is 34.4 Å². The molecule has 4 rings (SSSR count). The summed E-state index contributed by atoms with van der Waals surface area (Å²) in [5.74, 6) is -4.32. The van der Waals surface area contributed by atoms with E-state index in [1.54, 1.807) is 12.1 Å². The summed E-state index contributed by atoms with van der Waals surface area (Å²) in [5.41, 5.74) is 0.310. The number of nitrogens with zero attached hydrogens (tertiary/aromatic N) is 1. The number of anilines is 1. The fraction of sp³-hybridized carbons (Fsp3) is 0.355. The Labute approximate surface area is 251 Å². The van der Waals surface area contributed by atoms with Crippen LogP contribution in [0.2, 0.25) is 5.02 Å². The smallest absolute Gasteiger partial charge is 0.251 e. The second-order valence-corrected chi connectivity index (χ2v) is 11.3. The standard InChI is InChI=1S/C31H31ClF4N2O3S/c1-2-3-4-5-6-7-12-41-27-11-9-23(34)22(30(27)32)17-38-26-10-8-19(13-28(26)42-18-29(38)39)31(40)37-16-21-24(35)14-20(33)15-25(21)36/h8-11,13-15H,2-7,12,16-18H2,1H3,(H,37,40). The Morgan fingerprint density at radius 3 is 2.40 bits per heavy atom. The number of carbonyl (C=O) groups excluding carboxylic acids is 2. The number of halogens is 5. The first-order valence-corrected chi connectivity index (χ1v) is 15.1. The number of carbonyl (C=O) groups is 2. The quantitative estimate of drug-likeness (QED) is 0.154. The second kappa shape index (κ2) is 14.8. The van der Waals surface area contributed by atoms with Crippen LogP contribution in [0, 0.1) is 23.3 Å². The summed E-state index contributed by atoms with van der Waals surface area (Å²) in [5, 5.41) is 2.53. The first-order valence-electron chi connectivity index (χ1n) is 13.8. The molecule has 3 aromatic carbocycles. The van der Waals surface area contributed by atoms with Gasteiger partial charge in [0.05, 0.1) is 29.6 Å². The molecule has 0 radical (unpaired) electrons. The average Bonchev–Trinajstić information content (AvgIpc) is 2.95. The predicted octanol–water partition coefficient (Wildman–Crippen LogP) is 8.20. The Hall–Kier alpha value is -3.24. The fourth-order valence-electron chi connectivity index (χ4n) is 4.59. The summed E-state index contributed by atoms with van der Waals surface area (Å²) in [6, 6.07) is 8.38. The van der Waals surface area contributed by atoms with E-state index in [1.165, 1.54) is 54.1 Å². The van der Waals surface area contributed by atoms with Crippen molar-refractivity contribution in [1.82, 2.24) is 5.32 Å². The highest BCUT2D eigenvalue weighted by Gasteiger charge is 2.28. The molecule has 1 N–H and O–H groups in total. The lowest BCUT2D eigenvalue weighted by molar-refractivity contribution is -0.116. The van der Waals surface area contributed by atoms with Gasteiger partial charge in [-0.3, -0.25) is 9.59 Å². The van der Waals surface area contributed by atoms with Crippen molar-refractivity contribution in [3.63, 3.8) is 0 Å². The van der Waals surface area contributed by atoms with Crippen LogP contribution in [0.25, 0.3) is 0 Å². The molecule has 0 fully saturated rings. The van der Waals surface area contributed by atoms with Crippen molar-refractivity contribution in [3.05, 3.63) is 87.4 Å². The number of fused-ring (bicyclic) bond motifs is 1. The number of benzene rings is 3. The molecule has 0 aromatic heterocycles. The van der Waals surface area contributed by atoms with Gasteiger partial charge in [0.1, 0.15) is 29.0 Å². The van der Waals surface area contributed by atoms with Crippen LogP contribution in [-0.4, -0.2) is 24.2 Å². The molecule has 5 nitrogen and oxygen atoms in total. The topological polar surface area (TPSA) is 58.6 Å². The van der Waals surface area contributed by atoms with Crippen molar-refractivity contribution in [2.24, 2.45) is 0 Å². The number of thioether (sulfide) groups is 1. The summed E-state index contributed by atoms with van der Waals surface area (Å²) in [4.78, 5) is 27.6. The molecule has 1 heterocycles. The van der Waals surface area contributed by atoms with Gasteiger partial charge in [0.15, 0.2) is 0 Å². The van der Waals surface area contributed by atoms with Crippen LogP contribution in [-0.2, 0) is 17.9 Å². The highest BCUT2D eigenvalue weighted by atomic mass is 35.5. The summed E-state index contributed by atoms with van der Waals surface area (Å²) in [6.45, 7) is 1.99. The monoisotopic (exact) mass is 622 g/mol. The molecule has 1 aliphatic rings. The second-order valence-electron chi connectivity index (χ2n) is 9.94. The minimum atomic E-state index is -1.11. The van der Waals surface area contributed by atoms with Crippen LogP contribution in [0.15, 0.2) is 47.4 Å². The van der Waals surface area contributed by atoms with Crippen LogP contribution >= 0.6 is 23.4 Å². The Morgan fingerprint density at radius 1 is 0.952 bits per heavy atom. The van der Waals surface area contributed by atoms with Gasteiger partial charge in [0.25, 0.3) is 5.91 Å². The number of hydrogen-bond acceptors (Lipinski definition) is 4. The van der Waals surface area contributed by atoms with Gasteiger partial charge in [0.2, 0.25) is 5.91 Å². The molecule has 0 aliphatic carbocycles. The lowest BCUT2D eigenvalue weighted by Gasteiger charge is -2.30. The third-order valence-corrected chi connectivity index (χ3v) is 8.36. The van der Waals surface area contributed by atoms with Crippen LogP contribution in [0.4, 0.5) is 23.2 Å². The van der Waals surface area contributed by atoms with E-state index in [1.807, 2.05) is 0 Å². The molecule has 1 aliphatic heterocycles. The Kier molecular flexibility index (Phi) is 11.2. The van der Waals surface area contributed by atoms with E-state index in [4.69, 9.17) is 16.3 Å². The van der Waals surface area contributed by atoms with Gasteiger partial charge in [-0.05, 0) is 36.8 Å². The largest absolute Gasteiger partial charge is 0.492 e. The summed E-state index contributed by atoms with van der Waals surface area (Å²) in [7, 11) is 0. The van der Waals surface area contributed by atoms with Crippen LogP contribution < -0.4 is 15.0 Å². The third-order valence-electron chi connectivity index (χ3n) is 6.92. The molecular formula is C31H31ClF4N2O3S. The van der Waals surface area contributed by atoms with Gasteiger partial charge in [-0.1, -0.05) is 50.6 Å². The fourth-order valence-corrected chi connectivity index (χ4v) is 5.82. The maximum absolute atomic E-state index is 14.9. The lowest BCUT2D eigenvalue weighted by Crippen LogP contribution is -2.35. The molecular weight excluding hydrogens is 592 g/mol. The number of unbranched alkanes of at least 4 members (excludes halogenated alkanes) is 5. The maximum Gasteiger partial charge on any atom is 0.251 e. The van der Waals surface area contributed by atoms with Crippen molar-refractivity contribution < 1.29 is 31.9 Å². The van der Waals surface area contributed by atoms with E-state index in [0.29, 0.717) is 35.1 Å². The summed E-state index contributed by atoms with van der Waals surface area (Å²) >= 11 is 7.75. The summed E-state index contributed by atoms with van der Waals surface area (Å²) < 4.78 is 61.8. The number of rotatable bonds is 13. The zero-order valence-corrected chi connectivity index (χ0v) is 24.7. The van der Waals surface area contributed by atoms with Gasteiger partial charge in [-0.15, -0.1) is 11.8 Å². The minimum Gasteiger partial charge on any atom is -0.492 e. The molecule has 0 atom stereocenters. The first-order chi connectivity index (χ1) is 20.2. The Morgan fingerprint density at radius 2 is 1.67 bits per heavy atom. The first kappa shape index (κ1) is 31.7. The summed E-state index contributed by atoms with van der Waals surface area (Å²) in [6.07, 6.45) is 6.58. The highest BCUT2D eigenvalue weighted by molar-refractivity contribution is 8.00. The predicted molar refractivity (Wildman–Crippen MR) is 156 cm³/mol. The maximum atomic E-state index is 14.9. The van der Waals surface area contributed by atoms with Crippen molar-refractivity contribution in [2.45, 2.75) is 63.4 Å².